The van der Waals surface area contributed by atoms with Gasteiger partial charge >= 0.3 is 0 Å². The van der Waals surface area contributed by atoms with Gasteiger partial charge in [-0.05, 0) is 39.1 Å². The molecule has 1 atom stereocenters. The first-order valence-corrected chi connectivity index (χ1v) is 5.71. The summed E-state index contributed by atoms with van der Waals surface area (Å²) >= 11 is 0. The Hall–Kier alpha value is -1.35. The topological polar surface area (TPSA) is 32.3 Å². The molecule has 1 amide bonds. The summed E-state index contributed by atoms with van der Waals surface area (Å²) in [6.45, 7) is 4.02. The molecule has 1 N–H and O–H groups in total. The number of rotatable bonds is 2. The van der Waals surface area contributed by atoms with Crippen LogP contribution in [-0.4, -0.2) is 37.0 Å². The normalized spacial score (nSPS) is 21.0. The summed E-state index contributed by atoms with van der Waals surface area (Å²) in [6.07, 6.45) is 1.05. The minimum Gasteiger partial charge on any atom is -0.348 e. The van der Waals surface area contributed by atoms with Crippen LogP contribution >= 0.6 is 0 Å². The van der Waals surface area contributed by atoms with Crippen molar-refractivity contribution in [2.24, 2.45) is 0 Å². The lowest BCUT2D eigenvalue weighted by Crippen LogP contribution is -2.36. The van der Waals surface area contributed by atoms with E-state index in [0.717, 1.165) is 30.6 Å². The molecule has 1 heterocycles. The van der Waals surface area contributed by atoms with Gasteiger partial charge in [0.1, 0.15) is 0 Å². The number of likely N-dealkylation sites (N-methyl/N-ethyl adjacent to an activating group) is 1. The van der Waals surface area contributed by atoms with Crippen molar-refractivity contribution in [1.82, 2.24) is 10.2 Å². The molecule has 16 heavy (non-hydrogen) atoms. The van der Waals surface area contributed by atoms with Gasteiger partial charge in [0.25, 0.3) is 5.91 Å². The summed E-state index contributed by atoms with van der Waals surface area (Å²) in [7, 11) is 2.08. The Kier molecular flexibility index (Phi) is 3.25. The molecule has 1 aliphatic rings. The number of nitrogens with zero attached hydrogens (tertiary/aromatic N) is 1. The van der Waals surface area contributed by atoms with Crippen molar-refractivity contribution >= 4 is 5.91 Å². The maximum Gasteiger partial charge on any atom is 0.251 e. The number of hydrogen-bond donors (Lipinski definition) is 1. The molecule has 0 saturated carbocycles. The van der Waals surface area contributed by atoms with E-state index in [9.17, 15) is 4.79 Å². The first-order valence-electron chi connectivity index (χ1n) is 5.71. The molecule has 0 bridgehead atoms. The summed E-state index contributed by atoms with van der Waals surface area (Å²) in [4.78, 5) is 14.2. The van der Waals surface area contributed by atoms with Crippen molar-refractivity contribution in [3.05, 3.63) is 35.4 Å². The highest BCUT2D eigenvalue weighted by atomic mass is 16.1. The number of carbonyl (C=O) groups is 1. The molecule has 0 spiro atoms. The van der Waals surface area contributed by atoms with Crippen LogP contribution in [0.1, 0.15) is 22.3 Å². The Labute approximate surface area is 96.5 Å². The zero-order chi connectivity index (χ0) is 11.5. The van der Waals surface area contributed by atoms with Gasteiger partial charge in [0.2, 0.25) is 0 Å². The standard InChI is InChI=1S/C13H18N2O/c1-10-4-3-5-11(8-10)13(16)14-12-6-7-15(2)9-12/h3-5,8,12H,6-7,9H2,1-2H3,(H,14,16). The highest BCUT2D eigenvalue weighted by molar-refractivity contribution is 5.94. The summed E-state index contributed by atoms with van der Waals surface area (Å²) in [6, 6.07) is 8.01. The lowest BCUT2D eigenvalue weighted by molar-refractivity contribution is 0.0938. The zero-order valence-electron chi connectivity index (χ0n) is 9.86. The van der Waals surface area contributed by atoms with Gasteiger partial charge in [-0.1, -0.05) is 17.7 Å². The van der Waals surface area contributed by atoms with Crippen LogP contribution in [0, 0.1) is 6.92 Å². The van der Waals surface area contributed by atoms with Crippen LogP contribution in [-0.2, 0) is 0 Å². The molecule has 1 aromatic carbocycles. The number of aryl methyl sites for hydroxylation is 1. The van der Waals surface area contributed by atoms with Gasteiger partial charge in [0.05, 0.1) is 0 Å². The molecule has 3 heteroatoms. The van der Waals surface area contributed by atoms with E-state index in [1.165, 1.54) is 0 Å². The molecule has 2 rings (SSSR count). The number of nitrogens with one attached hydrogen (secondary N) is 1. The van der Waals surface area contributed by atoms with Crippen molar-refractivity contribution < 1.29 is 4.79 Å². The lowest BCUT2D eigenvalue weighted by Gasteiger charge is -2.13. The predicted octanol–water partition coefficient (Wildman–Crippen LogP) is 1.43. The van der Waals surface area contributed by atoms with E-state index in [-0.39, 0.29) is 5.91 Å². The number of amides is 1. The monoisotopic (exact) mass is 218 g/mol. The van der Waals surface area contributed by atoms with Gasteiger partial charge < -0.3 is 10.2 Å². The molecule has 86 valence electrons. The fourth-order valence-corrected chi connectivity index (χ4v) is 2.11. The fourth-order valence-electron chi connectivity index (χ4n) is 2.11. The second kappa shape index (κ2) is 4.66. The first-order chi connectivity index (χ1) is 7.65. The maximum atomic E-state index is 11.9. The molecular formula is C13H18N2O. The fraction of sp³-hybridized carbons (Fsp3) is 0.462. The van der Waals surface area contributed by atoms with Gasteiger partial charge in [0.15, 0.2) is 0 Å². The molecule has 1 aliphatic heterocycles. The van der Waals surface area contributed by atoms with Crippen LogP contribution in [0.2, 0.25) is 0 Å². The van der Waals surface area contributed by atoms with E-state index in [1.54, 1.807) is 0 Å². The Morgan fingerprint density at radius 2 is 2.31 bits per heavy atom. The second-order valence-corrected chi connectivity index (χ2v) is 4.59. The molecule has 1 unspecified atom stereocenters. The van der Waals surface area contributed by atoms with Crippen LogP contribution in [0.25, 0.3) is 0 Å². The van der Waals surface area contributed by atoms with Crippen LogP contribution in [0.5, 0.6) is 0 Å². The Morgan fingerprint density at radius 3 is 2.94 bits per heavy atom. The van der Waals surface area contributed by atoms with E-state index < -0.39 is 0 Å². The summed E-state index contributed by atoms with van der Waals surface area (Å²) in [5.41, 5.74) is 1.88. The van der Waals surface area contributed by atoms with Crippen molar-refractivity contribution in [2.45, 2.75) is 19.4 Å². The van der Waals surface area contributed by atoms with Gasteiger partial charge in [-0.3, -0.25) is 4.79 Å². The molecule has 1 fully saturated rings. The third kappa shape index (κ3) is 2.61. The highest BCUT2D eigenvalue weighted by Gasteiger charge is 2.21. The largest absolute Gasteiger partial charge is 0.348 e. The van der Waals surface area contributed by atoms with E-state index in [4.69, 9.17) is 0 Å². The lowest BCUT2D eigenvalue weighted by atomic mass is 10.1. The highest BCUT2D eigenvalue weighted by Crippen LogP contribution is 2.08. The Morgan fingerprint density at radius 1 is 1.50 bits per heavy atom. The average Bonchev–Trinajstić information content (AvgIpc) is 2.64. The summed E-state index contributed by atoms with van der Waals surface area (Å²) < 4.78 is 0. The van der Waals surface area contributed by atoms with Gasteiger partial charge in [-0.2, -0.15) is 0 Å². The van der Waals surface area contributed by atoms with Gasteiger partial charge in [0, 0.05) is 18.2 Å². The number of benzene rings is 1. The molecule has 0 radical (unpaired) electrons. The molecule has 0 aromatic heterocycles. The third-order valence-corrected chi connectivity index (χ3v) is 3.01. The van der Waals surface area contributed by atoms with Crippen LogP contribution in [0.3, 0.4) is 0 Å². The second-order valence-electron chi connectivity index (χ2n) is 4.59. The van der Waals surface area contributed by atoms with E-state index in [2.05, 4.69) is 17.3 Å². The summed E-state index contributed by atoms with van der Waals surface area (Å²) in [5, 5.41) is 3.07. The van der Waals surface area contributed by atoms with Crippen LogP contribution < -0.4 is 5.32 Å². The molecule has 3 nitrogen and oxygen atoms in total. The molecular weight excluding hydrogens is 200 g/mol. The zero-order valence-corrected chi connectivity index (χ0v) is 9.86. The third-order valence-electron chi connectivity index (χ3n) is 3.01. The van der Waals surface area contributed by atoms with Crippen LogP contribution in [0.15, 0.2) is 24.3 Å². The van der Waals surface area contributed by atoms with Crippen LogP contribution in [0.4, 0.5) is 0 Å². The number of carbonyl (C=O) groups excluding carboxylic acids is 1. The summed E-state index contributed by atoms with van der Waals surface area (Å²) in [5.74, 6) is 0.0454. The quantitative estimate of drug-likeness (QED) is 0.814. The smallest absolute Gasteiger partial charge is 0.251 e. The van der Waals surface area contributed by atoms with Crippen molar-refractivity contribution in [1.29, 1.82) is 0 Å². The Bertz CT molecular complexity index is 389. The van der Waals surface area contributed by atoms with Crippen molar-refractivity contribution in [2.75, 3.05) is 20.1 Å². The molecule has 1 aromatic rings. The number of likely N-dealkylation sites (tertiary alicyclic amines) is 1. The van der Waals surface area contributed by atoms with E-state index in [0.29, 0.717) is 6.04 Å². The minimum atomic E-state index is 0.0454. The first kappa shape index (κ1) is 11.1. The van der Waals surface area contributed by atoms with E-state index >= 15 is 0 Å². The average molecular weight is 218 g/mol. The number of hydrogen-bond acceptors (Lipinski definition) is 2. The molecule has 1 saturated heterocycles. The minimum absolute atomic E-state index is 0.0454. The predicted molar refractivity (Wildman–Crippen MR) is 64.5 cm³/mol. The van der Waals surface area contributed by atoms with Gasteiger partial charge in [-0.15, -0.1) is 0 Å². The van der Waals surface area contributed by atoms with E-state index in [1.807, 2.05) is 31.2 Å². The van der Waals surface area contributed by atoms with Crippen molar-refractivity contribution in [3.63, 3.8) is 0 Å². The molecule has 0 aliphatic carbocycles. The Balaban J connectivity index is 1.98. The van der Waals surface area contributed by atoms with Gasteiger partial charge in [-0.25, -0.2) is 0 Å². The van der Waals surface area contributed by atoms with Crippen molar-refractivity contribution in [3.8, 4) is 0 Å². The maximum absolute atomic E-state index is 11.9. The SMILES string of the molecule is Cc1cccc(C(=O)NC2CCN(C)C2)c1.